The van der Waals surface area contributed by atoms with Crippen LogP contribution >= 0.6 is 0 Å². The summed E-state index contributed by atoms with van der Waals surface area (Å²) < 4.78 is 13.3. The van der Waals surface area contributed by atoms with Crippen LogP contribution in [0, 0.1) is 5.82 Å². The molecule has 0 bridgehead atoms. The van der Waals surface area contributed by atoms with Crippen LogP contribution in [0.2, 0.25) is 0 Å². The number of hydrogen-bond acceptors (Lipinski definition) is 1. The number of halogens is 1. The van der Waals surface area contributed by atoms with E-state index in [2.05, 4.69) is 43.0 Å². The van der Waals surface area contributed by atoms with Gasteiger partial charge < -0.3 is 5.11 Å². The van der Waals surface area contributed by atoms with Gasteiger partial charge in [-0.2, -0.15) is 0 Å². The molecule has 25 heavy (non-hydrogen) atoms. The van der Waals surface area contributed by atoms with E-state index in [1.165, 1.54) is 34.4 Å². The van der Waals surface area contributed by atoms with E-state index in [4.69, 9.17) is 5.11 Å². The lowest BCUT2D eigenvalue weighted by Crippen LogP contribution is -1.88. The van der Waals surface area contributed by atoms with Gasteiger partial charge in [-0.15, -0.1) is 0 Å². The standard InChI is InChI=1S/C23H23FO/c1-17(25)8-4-2-3-5-10-20-16-19-9-6-7-11-22(19)23(20)18-12-14-21(24)15-13-18/h5-7,9-15,25H,1-4,8,16H2/b10-5+. The normalized spacial score (nSPS) is 13.5. The molecular formula is C23H23FO. The average molecular weight is 334 g/mol. The second-order valence-electron chi connectivity index (χ2n) is 6.46. The highest BCUT2D eigenvalue weighted by atomic mass is 19.1. The Balaban J connectivity index is 1.80. The molecule has 1 N–H and O–H groups in total. The predicted molar refractivity (Wildman–Crippen MR) is 102 cm³/mol. The van der Waals surface area contributed by atoms with Gasteiger partial charge in [0.25, 0.3) is 0 Å². The number of unbranched alkanes of at least 4 members (excludes halogenated alkanes) is 2. The van der Waals surface area contributed by atoms with E-state index in [1.54, 1.807) is 0 Å². The van der Waals surface area contributed by atoms with Crippen molar-refractivity contribution in [2.24, 2.45) is 0 Å². The lowest BCUT2D eigenvalue weighted by atomic mass is 9.97. The molecule has 0 atom stereocenters. The van der Waals surface area contributed by atoms with E-state index in [0.29, 0.717) is 6.42 Å². The molecule has 0 aliphatic heterocycles. The summed E-state index contributed by atoms with van der Waals surface area (Å²) in [6.45, 7) is 3.51. The highest BCUT2D eigenvalue weighted by Crippen LogP contribution is 2.38. The number of rotatable bonds is 7. The van der Waals surface area contributed by atoms with Crippen LogP contribution in [0.5, 0.6) is 0 Å². The molecule has 0 spiro atoms. The number of benzene rings is 2. The number of aliphatic hydroxyl groups excluding tert-OH is 1. The molecule has 2 aromatic rings. The zero-order valence-electron chi connectivity index (χ0n) is 14.3. The van der Waals surface area contributed by atoms with Gasteiger partial charge in [0.15, 0.2) is 0 Å². The smallest absolute Gasteiger partial charge is 0.123 e. The van der Waals surface area contributed by atoms with Gasteiger partial charge in [-0.1, -0.05) is 55.1 Å². The Labute approximate surface area is 148 Å². The average Bonchev–Trinajstić information content (AvgIpc) is 2.97. The summed E-state index contributed by atoms with van der Waals surface area (Å²) in [6.07, 6.45) is 8.93. The first-order valence-corrected chi connectivity index (χ1v) is 8.76. The maximum atomic E-state index is 13.3. The lowest BCUT2D eigenvalue weighted by Gasteiger charge is -2.07. The number of hydrogen-bond donors (Lipinski definition) is 1. The Kier molecular flexibility index (Phi) is 5.49. The highest BCUT2D eigenvalue weighted by Gasteiger charge is 2.20. The van der Waals surface area contributed by atoms with E-state index < -0.39 is 0 Å². The van der Waals surface area contributed by atoms with Crippen LogP contribution in [0.25, 0.3) is 5.57 Å². The monoisotopic (exact) mass is 334 g/mol. The minimum absolute atomic E-state index is 0.210. The summed E-state index contributed by atoms with van der Waals surface area (Å²) in [5, 5.41) is 9.12. The van der Waals surface area contributed by atoms with E-state index >= 15 is 0 Å². The molecule has 3 rings (SSSR count). The van der Waals surface area contributed by atoms with Gasteiger partial charge in [-0.3, -0.25) is 0 Å². The van der Waals surface area contributed by atoms with Crippen LogP contribution < -0.4 is 0 Å². The minimum Gasteiger partial charge on any atom is -0.513 e. The molecule has 0 saturated heterocycles. The lowest BCUT2D eigenvalue weighted by molar-refractivity contribution is 0.385. The van der Waals surface area contributed by atoms with Crippen LogP contribution in [0.15, 0.2) is 78.6 Å². The molecule has 1 nitrogen and oxygen atoms in total. The number of allylic oxidation sites excluding steroid dienone is 4. The summed E-state index contributed by atoms with van der Waals surface area (Å²) in [6, 6.07) is 15.2. The van der Waals surface area contributed by atoms with Crippen molar-refractivity contribution in [3.05, 3.63) is 101 Å². The third-order valence-corrected chi connectivity index (χ3v) is 4.53. The molecule has 0 radical (unpaired) electrons. The molecule has 0 unspecified atom stereocenters. The predicted octanol–water partition coefficient (Wildman–Crippen LogP) is 6.37. The summed E-state index contributed by atoms with van der Waals surface area (Å²) in [4.78, 5) is 0. The van der Waals surface area contributed by atoms with Crippen molar-refractivity contribution in [2.75, 3.05) is 0 Å². The van der Waals surface area contributed by atoms with Crippen LogP contribution in [0.4, 0.5) is 4.39 Å². The summed E-state index contributed by atoms with van der Waals surface area (Å²) in [7, 11) is 0. The second-order valence-corrected chi connectivity index (χ2v) is 6.46. The van der Waals surface area contributed by atoms with Crippen molar-refractivity contribution in [3.8, 4) is 0 Å². The first-order chi connectivity index (χ1) is 12.1. The largest absolute Gasteiger partial charge is 0.513 e. The van der Waals surface area contributed by atoms with Crippen molar-refractivity contribution >= 4 is 5.57 Å². The SMILES string of the molecule is C=C(O)CCCC/C=C/C1=C(c2ccc(F)cc2)c2ccccc2C1. The Morgan fingerprint density at radius 1 is 1.08 bits per heavy atom. The van der Waals surface area contributed by atoms with E-state index in [-0.39, 0.29) is 11.6 Å². The van der Waals surface area contributed by atoms with Crippen LogP contribution in [0.3, 0.4) is 0 Å². The van der Waals surface area contributed by atoms with Gasteiger partial charge in [-0.25, -0.2) is 4.39 Å². The fourth-order valence-electron chi connectivity index (χ4n) is 3.30. The molecule has 128 valence electrons. The van der Waals surface area contributed by atoms with Crippen molar-refractivity contribution in [1.82, 2.24) is 0 Å². The van der Waals surface area contributed by atoms with Crippen molar-refractivity contribution in [3.63, 3.8) is 0 Å². The third kappa shape index (κ3) is 4.27. The topological polar surface area (TPSA) is 20.2 Å². The van der Waals surface area contributed by atoms with Crippen molar-refractivity contribution in [1.29, 1.82) is 0 Å². The van der Waals surface area contributed by atoms with Gasteiger partial charge in [-0.05, 0) is 65.7 Å². The van der Waals surface area contributed by atoms with Crippen LogP contribution in [-0.2, 0) is 6.42 Å². The number of fused-ring (bicyclic) bond motifs is 1. The molecule has 0 aromatic heterocycles. The molecular weight excluding hydrogens is 311 g/mol. The first kappa shape index (κ1) is 17.2. The highest BCUT2D eigenvalue weighted by molar-refractivity contribution is 5.88. The Morgan fingerprint density at radius 3 is 2.60 bits per heavy atom. The van der Waals surface area contributed by atoms with Gasteiger partial charge in [0, 0.05) is 6.42 Å². The van der Waals surface area contributed by atoms with Gasteiger partial charge in [0.2, 0.25) is 0 Å². The fraction of sp³-hybridized carbons (Fsp3) is 0.217. The Bertz CT molecular complexity index is 812. The molecule has 2 aromatic carbocycles. The van der Waals surface area contributed by atoms with Gasteiger partial charge in [0.05, 0.1) is 5.76 Å². The number of aliphatic hydroxyl groups is 1. The summed E-state index contributed by atoms with van der Waals surface area (Å²) in [5.41, 5.74) is 6.10. The van der Waals surface area contributed by atoms with Gasteiger partial charge >= 0.3 is 0 Å². The second kappa shape index (κ2) is 7.98. The van der Waals surface area contributed by atoms with E-state index in [1.807, 2.05) is 12.1 Å². The summed E-state index contributed by atoms with van der Waals surface area (Å²) in [5.74, 6) is 0.0507. The van der Waals surface area contributed by atoms with Crippen LogP contribution in [-0.4, -0.2) is 5.11 Å². The van der Waals surface area contributed by atoms with Crippen molar-refractivity contribution < 1.29 is 9.50 Å². The zero-order valence-corrected chi connectivity index (χ0v) is 14.3. The molecule has 0 fully saturated rings. The molecule has 2 heteroatoms. The third-order valence-electron chi connectivity index (χ3n) is 4.53. The van der Waals surface area contributed by atoms with Crippen molar-refractivity contribution in [2.45, 2.75) is 32.1 Å². The maximum Gasteiger partial charge on any atom is 0.123 e. The van der Waals surface area contributed by atoms with E-state index in [9.17, 15) is 4.39 Å². The van der Waals surface area contributed by atoms with E-state index in [0.717, 1.165) is 31.2 Å². The quantitative estimate of drug-likeness (QED) is 0.460. The minimum atomic E-state index is -0.210. The summed E-state index contributed by atoms with van der Waals surface area (Å²) >= 11 is 0. The Morgan fingerprint density at radius 2 is 1.84 bits per heavy atom. The molecule has 0 amide bonds. The molecule has 1 aliphatic rings. The first-order valence-electron chi connectivity index (χ1n) is 8.76. The molecule has 1 aliphatic carbocycles. The fourth-order valence-corrected chi connectivity index (χ4v) is 3.30. The Hall–Kier alpha value is -2.61. The molecule has 0 saturated carbocycles. The van der Waals surface area contributed by atoms with Gasteiger partial charge in [0.1, 0.15) is 5.82 Å². The maximum absolute atomic E-state index is 13.3. The molecule has 0 heterocycles. The zero-order chi connectivity index (χ0) is 17.6. The van der Waals surface area contributed by atoms with Crippen LogP contribution in [0.1, 0.15) is 42.4 Å².